The number of carbonyl (C=O) groups excluding carboxylic acids is 1. The second kappa shape index (κ2) is 5.21. The Kier molecular flexibility index (Phi) is 4.16. The zero-order chi connectivity index (χ0) is 13.1. The third-order valence-electron chi connectivity index (χ3n) is 2.34. The fourth-order valence-corrected chi connectivity index (χ4v) is 1.63. The Hall–Kier alpha value is -1.51. The van der Waals surface area contributed by atoms with Crippen molar-refractivity contribution in [3.8, 4) is 5.75 Å². The summed E-state index contributed by atoms with van der Waals surface area (Å²) in [6.07, 6.45) is 0. The zero-order valence-electron chi connectivity index (χ0n) is 11.2. The highest BCUT2D eigenvalue weighted by molar-refractivity contribution is 5.79. The van der Waals surface area contributed by atoms with E-state index >= 15 is 0 Å². The molecule has 3 nitrogen and oxygen atoms in total. The lowest BCUT2D eigenvalue weighted by Gasteiger charge is -2.24. The van der Waals surface area contributed by atoms with Gasteiger partial charge in [-0.15, -0.1) is 0 Å². The van der Waals surface area contributed by atoms with Gasteiger partial charge in [0.05, 0.1) is 6.61 Å². The van der Waals surface area contributed by atoms with Crippen LogP contribution in [-0.2, 0) is 9.53 Å². The van der Waals surface area contributed by atoms with Crippen molar-refractivity contribution in [1.82, 2.24) is 0 Å². The van der Waals surface area contributed by atoms with E-state index in [-0.39, 0.29) is 5.97 Å². The number of benzene rings is 1. The van der Waals surface area contributed by atoms with E-state index in [9.17, 15) is 4.79 Å². The Balaban J connectivity index is 2.85. The van der Waals surface area contributed by atoms with Gasteiger partial charge in [0.2, 0.25) is 0 Å². The predicted octanol–water partition coefficient (Wildman–Crippen LogP) is 3.02. The normalized spacial score (nSPS) is 11.1. The van der Waals surface area contributed by atoms with Crippen LogP contribution >= 0.6 is 0 Å². The summed E-state index contributed by atoms with van der Waals surface area (Å²) < 4.78 is 10.7. The van der Waals surface area contributed by atoms with Crippen LogP contribution in [0.2, 0.25) is 0 Å². The predicted molar refractivity (Wildman–Crippen MR) is 67.3 cm³/mol. The summed E-state index contributed by atoms with van der Waals surface area (Å²) in [7, 11) is 0. The highest BCUT2D eigenvalue weighted by Gasteiger charge is 2.31. The van der Waals surface area contributed by atoms with Crippen molar-refractivity contribution in [2.75, 3.05) is 6.61 Å². The largest absolute Gasteiger partial charge is 0.476 e. The first-order valence-electron chi connectivity index (χ1n) is 5.79. The van der Waals surface area contributed by atoms with E-state index in [0.717, 1.165) is 11.1 Å². The number of aryl methyl sites for hydroxylation is 2. The van der Waals surface area contributed by atoms with Gasteiger partial charge in [-0.2, -0.15) is 0 Å². The van der Waals surface area contributed by atoms with Gasteiger partial charge in [-0.1, -0.05) is 6.07 Å². The SMILES string of the molecule is CCOC(=O)C(C)(C)Oc1cc(C)cc(C)c1. The minimum absolute atomic E-state index is 0.348. The Morgan fingerprint density at radius 2 is 1.71 bits per heavy atom. The molecule has 1 aromatic rings. The Bertz CT molecular complexity index is 388. The average Bonchev–Trinajstić information content (AvgIpc) is 2.15. The van der Waals surface area contributed by atoms with Gasteiger partial charge in [-0.05, 0) is 57.9 Å². The van der Waals surface area contributed by atoms with Gasteiger partial charge < -0.3 is 9.47 Å². The van der Waals surface area contributed by atoms with Crippen LogP contribution in [0.1, 0.15) is 31.9 Å². The van der Waals surface area contributed by atoms with E-state index in [2.05, 4.69) is 6.07 Å². The van der Waals surface area contributed by atoms with Gasteiger partial charge in [0.25, 0.3) is 0 Å². The van der Waals surface area contributed by atoms with Crippen LogP contribution in [0, 0.1) is 13.8 Å². The standard InChI is InChI=1S/C14H20O3/c1-6-16-13(15)14(4,5)17-12-8-10(2)7-11(3)9-12/h7-9H,6H2,1-5H3. The smallest absolute Gasteiger partial charge is 0.349 e. The summed E-state index contributed by atoms with van der Waals surface area (Å²) in [6, 6.07) is 5.88. The van der Waals surface area contributed by atoms with Gasteiger partial charge in [0.1, 0.15) is 5.75 Å². The summed E-state index contributed by atoms with van der Waals surface area (Å²) in [6.45, 7) is 9.56. The third-order valence-corrected chi connectivity index (χ3v) is 2.34. The minimum Gasteiger partial charge on any atom is -0.476 e. The van der Waals surface area contributed by atoms with Crippen molar-refractivity contribution < 1.29 is 14.3 Å². The van der Waals surface area contributed by atoms with Crippen LogP contribution < -0.4 is 4.74 Å². The molecule has 0 aliphatic heterocycles. The number of carbonyl (C=O) groups is 1. The van der Waals surface area contributed by atoms with Crippen LogP contribution in [-0.4, -0.2) is 18.2 Å². The molecule has 0 saturated heterocycles. The van der Waals surface area contributed by atoms with E-state index in [1.165, 1.54) is 0 Å². The van der Waals surface area contributed by atoms with Crippen molar-refractivity contribution in [3.63, 3.8) is 0 Å². The molecule has 94 valence electrons. The van der Waals surface area contributed by atoms with E-state index < -0.39 is 5.60 Å². The first-order valence-corrected chi connectivity index (χ1v) is 5.79. The van der Waals surface area contributed by atoms with Crippen molar-refractivity contribution in [3.05, 3.63) is 29.3 Å². The maximum absolute atomic E-state index is 11.7. The summed E-state index contributed by atoms with van der Waals surface area (Å²) in [5, 5.41) is 0. The van der Waals surface area contributed by atoms with E-state index in [1.54, 1.807) is 20.8 Å². The Morgan fingerprint density at radius 1 is 1.18 bits per heavy atom. The van der Waals surface area contributed by atoms with Crippen LogP contribution in [0.25, 0.3) is 0 Å². The fourth-order valence-electron chi connectivity index (χ4n) is 1.63. The molecule has 3 heteroatoms. The molecule has 0 aliphatic carbocycles. The summed E-state index contributed by atoms with van der Waals surface area (Å²) in [4.78, 5) is 11.7. The van der Waals surface area contributed by atoms with E-state index in [4.69, 9.17) is 9.47 Å². The number of esters is 1. The van der Waals surface area contributed by atoms with Gasteiger partial charge in [-0.3, -0.25) is 0 Å². The minimum atomic E-state index is -0.962. The van der Waals surface area contributed by atoms with Crippen molar-refractivity contribution in [2.24, 2.45) is 0 Å². The quantitative estimate of drug-likeness (QED) is 0.754. The van der Waals surface area contributed by atoms with Crippen LogP contribution in [0.15, 0.2) is 18.2 Å². The molecular formula is C14H20O3. The number of hydrogen-bond donors (Lipinski definition) is 0. The molecule has 17 heavy (non-hydrogen) atoms. The molecule has 0 unspecified atom stereocenters. The van der Waals surface area contributed by atoms with Gasteiger partial charge in [0.15, 0.2) is 5.60 Å². The Labute approximate surface area is 103 Å². The first kappa shape index (κ1) is 13.6. The number of hydrogen-bond acceptors (Lipinski definition) is 3. The molecule has 0 atom stereocenters. The molecule has 0 amide bonds. The van der Waals surface area contributed by atoms with Crippen molar-refractivity contribution in [1.29, 1.82) is 0 Å². The average molecular weight is 236 g/mol. The number of ether oxygens (including phenoxy) is 2. The number of rotatable bonds is 4. The van der Waals surface area contributed by atoms with Crippen molar-refractivity contribution >= 4 is 5.97 Å². The van der Waals surface area contributed by atoms with Crippen LogP contribution in [0.4, 0.5) is 0 Å². The molecule has 0 spiro atoms. The monoisotopic (exact) mass is 236 g/mol. The molecule has 0 aromatic heterocycles. The van der Waals surface area contributed by atoms with Crippen LogP contribution in [0.5, 0.6) is 5.75 Å². The second-order valence-electron chi connectivity index (χ2n) is 4.66. The fraction of sp³-hybridized carbons (Fsp3) is 0.500. The van der Waals surface area contributed by atoms with E-state index in [0.29, 0.717) is 12.4 Å². The molecule has 1 aromatic carbocycles. The topological polar surface area (TPSA) is 35.5 Å². The van der Waals surface area contributed by atoms with Crippen LogP contribution in [0.3, 0.4) is 0 Å². The summed E-state index contributed by atoms with van der Waals surface area (Å²) >= 11 is 0. The molecule has 0 aliphatic rings. The van der Waals surface area contributed by atoms with Gasteiger partial charge in [0, 0.05) is 0 Å². The third kappa shape index (κ3) is 3.77. The molecular weight excluding hydrogens is 216 g/mol. The lowest BCUT2D eigenvalue weighted by Crippen LogP contribution is -2.39. The molecule has 0 bridgehead atoms. The Morgan fingerprint density at radius 3 is 2.18 bits per heavy atom. The summed E-state index contributed by atoms with van der Waals surface area (Å²) in [5.41, 5.74) is 1.26. The molecule has 0 saturated carbocycles. The molecule has 0 radical (unpaired) electrons. The first-order chi connectivity index (χ1) is 7.85. The van der Waals surface area contributed by atoms with Gasteiger partial charge in [-0.25, -0.2) is 4.79 Å². The zero-order valence-corrected chi connectivity index (χ0v) is 11.2. The summed E-state index contributed by atoms with van der Waals surface area (Å²) in [5.74, 6) is 0.347. The highest BCUT2D eigenvalue weighted by atomic mass is 16.6. The second-order valence-corrected chi connectivity index (χ2v) is 4.66. The van der Waals surface area contributed by atoms with Gasteiger partial charge >= 0.3 is 5.97 Å². The highest BCUT2D eigenvalue weighted by Crippen LogP contribution is 2.22. The maximum Gasteiger partial charge on any atom is 0.349 e. The lowest BCUT2D eigenvalue weighted by atomic mass is 10.1. The van der Waals surface area contributed by atoms with E-state index in [1.807, 2.05) is 26.0 Å². The lowest BCUT2D eigenvalue weighted by molar-refractivity contribution is -0.158. The molecule has 0 N–H and O–H groups in total. The maximum atomic E-state index is 11.7. The molecule has 0 heterocycles. The molecule has 1 rings (SSSR count). The molecule has 0 fully saturated rings. The van der Waals surface area contributed by atoms with Crippen molar-refractivity contribution in [2.45, 2.75) is 40.2 Å².